The second-order valence-electron chi connectivity index (χ2n) is 4.65. The maximum atomic E-state index is 11.7. The highest BCUT2D eigenvalue weighted by Crippen LogP contribution is 2.19. The molecule has 0 aliphatic carbocycles. The number of nitrogens with one attached hydrogen (secondary N) is 2. The number of urea groups is 1. The second kappa shape index (κ2) is 4.68. The van der Waals surface area contributed by atoms with Gasteiger partial charge >= 0.3 is 6.03 Å². The van der Waals surface area contributed by atoms with Crippen molar-refractivity contribution in [3.8, 4) is 0 Å². The molecule has 0 saturated carbocycles. The summed E-state index contributed by atoms with van der Waals surface area (Å²) in [6.45, 7) is 7.81. The minimum absolute atomic E-state index is 0.105. The number of nitrogens with zero attached hydrogens (tertiary/aromatic N) is 2. The van der Waals surface area contributed by atoms with Gasteiger partial charge in [0, 0.05) is 17.9 Å². The normalized spacial score (nSPS) is 10.9. The Labute approximate surface area is 106 Å². The van der Waals surface area contributed by atoms with Crippen LogP contribution in [0.2, 0.25) is 0 Å². The molecule has 0 bridgehead atoms. The fraction of sp³-hybridized carbons (Fsp3) is 0.385. The molecular weight excluding hydrogens is 228 g/mol. The minimum atomic E-state index is -0.212. The van der Waals surface area contributed by atoms with Crippen LogP contribution in [-0.2, 0) is 0 Å². The average Bonchev–Trinajstić information content (AvgIpc) is 2.56. The largest absolute Gasteiger partial charge is 0.336 e. The first kappa shape index (κ1) is 12.4. The first-order valence-electron chi connectivity index (χ1n) is 6.01. The Morgan fingerprint density at radius 1 is 1.39 bits per heavy atom. The van der Waals surface area contributed by atoms with Crippen LogP contribution in [0.15, 0.2) is 18.3 Å². The van der Waals surface area contributed by atoms with Crippen molar-refractivity contribution >= 4 is 17.4 Å². The predicted octanol–water partition coefficient (Wildman–Crippen LogP) is 2.48. The number of imidazole rings is 1. The lowest BCUT2D eigenvalue weighted by Gasteiger charge is -2.10. The Bertz CT molecular complexity index is 586. The van der Waals surface area contributed by atoms with E-state index >= 15 is 0 Å². The van der Waals surface area contributed by atoms with Gasteiger partial charge in [0.2, 0.25) is 0 Å². The molecule has 2 heterocycles. The number of hydrogen-bond acceptors (Lipinski definition) is 2. The summed E-state index contributed by atoms with van der Waals surface area (Å²) >= 11 is 0. The fourth-order valence-electron chi connectivity index (χ4n) is 1.82. The first-order chi connectivity index (χ1) is 8.49. The average molecular weight is 246 g/mol. The van der Waals surface area contributed by atoms with Gasteiger partial charge in [0.1, 0.15) is 0 Å². The molecule has 0 aliphatic heterocycles. The van der Waals surface area contributed by atoms with Crippen LogP contribution in [0.5, 0.6) is 0 Å². The Balaban J connectivity index is 2.34. The third-order valence-electron chi connectivity index (χ3n) is 2.79. The molecule has 2 rings (SSSR count). The molecule has 0 aliphatic rings. The quantitative estimate of drug-likeness (QED) is 0.855. The summed E-state index contributed by atoms with van der Waals surface area (Å²) in [6, 6.07) is 3.64. The van der Waals surface area contributed by atoms with E-state index in [0.717, 1.165) is 17.0 Å². The van der Waals surface area contributed by atoms with Crippen LogP contribution in [0.4, 0.5) is 10.5 Å². The molecule has 0 unspecified atom stereocenters. The lowest BCUT2D eigenvalue weighted by molar-refractivity contribution is 0.250. The Morgan fingerprint density at radius 2 is 2.11 bits per heavy atom. The highest BCUT2D eigenvalue weighted by molar-refractivity contribution is 5.93. The molecule has 96 valence electrons. The molecule has 2 amide bonds. The molecule has 0 spiro atoms. The Hall–Kier alpha value is -2.04. The van der Waals surface area contributed by atoms with Gasteiger partial charge < -0.3 is 15.0 Å². The van der Waals surface area contributed by atoms with E-state index in [1.807, 2.05) is 50.4 Å². The summed E-state index contributed by atoms with van der Waals surface area (Å²) in [7, 11) is 0. The first-order valence-corrected chi connectivity index (χ1v) is 6.01. The van der Waals surface area contributed by atoms with Crippen LogP contribution in [0.1, 0.15) is 25.2 Å². The summed E-state index contributed by atoms with van der Waals surface area (Å²) in [4.78, 5) is 16.2. The molecule has 0 atom stereocenters. The van der Waals surface area contributed by atoms with E-state index in [1.54, 1.807) is 0 Å². The number of pyridine rings is 1. The van der Waals surface area contributed by atoms with Gasteiger partial charge in [-0.1, -0.05) is 0 Å². The van der Waals surface area contributed by atoms with E-state index in [1.165, 1.54) is 0 Å². The Kier molecular flexibility index (Phi) is 3.23. The van der Waals surface area contributed by atoms with Crippen LogP contribution in [0.25, 0.3) is 5.65 Å². The second-order valence-corrected chi connectivity index (χ2v) is 4.65. The van der Waals surface area contributed by atoms with Crippen molar-refractivity contribution in [3.63, 3.8) is 0 Å². The summed E-state index contributed by atoms with van der Waals surface area (Å²) in [5.74, 6) is 0. The fourth-order valence-corrected chi connectivity index (χ4v) is 1.82. The van der Waals surface area contributed by atoms with E-state index in [9.17, 15) is 4.79 Å². The monoisotopic (exact) mass is 246 g/mol. The van der Waals surface area contributed by atoms with Crippen molar-refractivity contribution in [2.45, 2.75) is 33.7 Å². The van der Waals surface area contributed by atoms with Gasteiger partial charge in [-0.2, -0.15) is 0 Å². The highest BCUT2D eigenvalue weighted by atomic mass is 16.2. The van der Waals surface area contributed by atoms with Crippen LogP contribution in [-0.4, -0.2) is 21.5 Å². The van der Waals surface area contributed by atoms with E-state index in [-0.39, 0.29) is 12.1 Å². The van der Waals surface area contributed by atoms with Crippen molar-refractivity contribution in [2.24, 2.45) is 0 Å². The zero-order valence-corrected chi connectivity index (χ0v) is 11.1. The number of fused-ring (bicyclic) bond motifs is 1. The Morgan fingerprint density at radius 3 is 2.78 bits per heavy atom. The van der Waals surface area contributed by atoms with Crippen molar-refractivity contribution in [2.75, 3.05) is 5.32 Å². The van der Waals surface area contributed by atoms with Crippen molar-refractivity contribution in [1.82, 2.24) is 14.7 Å². The van der Waals surface area contributed by atoms with Crippen LogP contribution < -0.4 is 10.6 Å². The van der Waals surface area contributed by atoms with Crippen molar-refractivity contribution < 1.29 is 4.79 Å². The van der Waals surface area contributed by atoms with Gasteiger partial charge in [-0.05, 0) is 39.8 Å². The predicted molar refractivity (Wildman–Crippen MR) is 72.0 cm³/mol. The summed E-state index contributed by atoms with van der Waals surface area (Å²) in [5, 5.41) is 5.61. The number of anilines is 1. The zero-order chi connectivity index (χ0) is 13.3. The van der Waals surface area contributed by atoms with Gasteiger partial charge in [-0.15, -0.1) is 0 Å². The van der Waals surface area contributed by atoms with Crippen LogP contribution in [0.3, 0.4) is 0 Å². The molecular formula is C13H18N4O. The lowest BCUT2D eigenvalue weighted by Crippen LogP contribution is -2.34. The third-order valence-corrected chi connectivity index (χ3v) is 2.79. The van der Waals surface area contributed by atoms with E-state index in [2.05, 4.69) is 15.6 Å². The van der Waals surface area contributed by atoms with E-state index in [0.29, 0.717) is 5.69 Å². The molecule has 0 radical (unpaired) electrons. The maximum absolute atomic E-state index is 11.7. The smallest absolute Gasteiger partial charge is 0.319 e. The van der Waals surface area contributed by atoms with Gasteiger partial charge in [0.25, 0.3) is 0 Å². The molecule has 2 N–H and O–H groups in total. The van der Waals surface area contributed by atoms with Gasteiger partial charge in [-0.3, -0.25) is 0 Å². The van der Waals surface area contributed by atoms with Gasteiger partial charge in [0.15, 0.2) is 5.65 Å². The van der Waals surface area contributed by atoms with Gasteiger partial charge in [-0.25, -0.2) is 9.78 Å². The summed E-state index contributed by atoms with van der Waals surface area (Å²) in [6.07, 6.45) is 1.94. The number of rotatable bonds is 2. The van der Waals surface area contributed by atoms with E-state index in [4.69, 9.17) is 0 Å². The van der Waals surface area contributed by atoms with Crippen molar-refractivity contribution in [1.29, 1.82) is 0 Å². The SMILES string of the molecule is Cc1nc2c(NC(=O)NC(C)C)cccn2c1C. The van der Waals surface area contributed by atoms with E-state index < -0.39 is 0 Å². The summed E-state index contributed by atoms with van der Waals surface area (Å²) in [5.41, 5.74) is 3.53. The number of carbonyl (C=O) groups is 1. The number of amides is 2. The molecule has 18 heavy (non-hydrogen) atoms. The molecule has 5 nitrogen and oxygen atoms in total. The highest BCUT2D eigenvalue weighted by Gasteiger charge is 2.10. The zero-order valence-electron chi connectivity index (χ0n) is 11.1. The number of hydrogen-bond donors (Lipinski definition) is 2. The maximum Gasteiger partial charge on any atom is 0.319 e. The minimum Gasteiger partial charge on any atom is -0.336 e. The standard InChI is InChI=1S/C13H18N4O/c1-8(2)14-13(18)16-11-6-5-7-17-10(4)9(3)15-12(11)17/h5-8H,1-4H3,(H2,14,16,18). The molecule has 2 aromatic heterocycles. The number of aryl methyl sites for hydroxylation is 2. The third kappa shape index (κ3) is 2.30. The number of carbonyl (C=O) groups excluding carboxylic acids is 1. The molecule has 0 aromatic carbocycles. The number of aromatic nitrogens is 2. The molecule has 0 fully saturated rings. The van der Waals surface area contributed by atoms with Crippen LogP contribution in [0, 0.1) is 13.8 Å². The van der Waals surface area contributed by atoms with Crippen molar-refractivity contribution in [3.05, 3.63) is 29.7 Å². The lowest BCUT2D eigenvalue weighted by atomic mass is 10.3. The molecule has 5 heteroatoms. The molecule has 0 saturated heterocycles. The topological polar surface area (TPSA) is 58.4 Å². The van der Waals surface area contributed by atoms with Gasteiger partial charge in [0.05, 0.1) is 11.4 Å². The summed E-state index contributed by atoms with van der Waals surface area (Å²) < 4.78 is 1.97. The van der Waals surface area contributed by atoms with Crippen LogP contribution >= 0.6 is 0 Å². The molecule has 2 aromatic rings.